The molecule has 0 aliphatic rings. The van der Waals surface area contributed by atoms with Crippen molar-refractivity contribution in [3.63, 3.8) is 0 Å². The van der Waals surface area contributed by atoms with E-state index in [9.17, 15) is 9.18 Å². The Bertz CT molecular complexity index is 574. The molecular formula is C13H12BrFN2OS. The van der Waals surface area contributed by atoms with E-state index in [1.807, 2.05) is 12.3 Å². The van der Waals surface area contributed by atoms with Crippen molar-refractivity contribution in [2.75, 3.05) is 6.54 Å². The first kappa shape index (κ1) is 14.1. The van der Waals surface area contributed by atoms with Crippen LogP contribution in [-0.4, -0.2) is 17.4 Å². The van der Waals surface area contributed by atoms with Gasteiger partial charge < -0.3 is 5.32 Å². The first-order chi connectivity index (χ1) is 9.08. The molecule has 0 saturated heterocycles. The number of thiazole rings is 1. The molecule has 1 aromatic carbocycles. The molecule has 0 saturated carbocycles. The summed E-state index contributed by atoms with van der Waals surface area (Å²) in [7, 11) is 0. The molecule has 1 N–H and O–H groups in total. The maximum Gasteiger partial charge on any atom is 0.252 e. The quantitative estimate of drug-likeness (QED) is 0.922. The molecule has 6 heteroatoms. The number of nitrogens with one attached hydrogen (secondary N) is 1. The minimum atomic E-state index is -0.375. The molecular weight excluding hydrogens is 331 g/mol. The van der Waals surface area contributed by atoms with Crippen molar-refractivity contribution in [2.45, 2.75) is 12.8 Å². The molecule has 0 bridgehead atoms. The Hall–Kier alpha value is -1.27. The lowest BCUT2D eigenvalue weighted by atomic mass is 10.1. The lowest BCUT2D eigenvalue weighted by Gasteiger charge is -2.11. The van der Waals surface area contributed by atoms with Gasteiger partial charge in [-0.1, -0.05) is 6.92 Å². The monoisotopic (exact) mass is 342 g/mol. The topological polar surface area (TPSA) is 42.0 Å². The van der Waals surface area contributed by atoms with Gasteiger partial charge in [0.15, 0.2) is 0 Å². The largest absolute Gasteiger partial charge is 0.351 e. The number of aromatic nitrogens is 1. The molecule has 0 fully saturated rings. The summed E-state index contributed by atoms with van der Waals surface area (Å²) in [6.45, 7) is 2.50. The summed E-state index contributed by atoms with van der Waals surface area (Å²) in [6, 6.07) is 4.01. The van der Waals surface area contributed by atoms with Crippen LogP contribution in [0.4, 0.5) is 4.39 Å². The normalized spacial score (nSPS) is 12.2. The number of carbonyl (C=O) groups is 1. The second-order valence-corrected chi connectivity index (χ2v) is 5.89. The molecule has 100 valence electrons. The standard InChI is InChI=1S/C13H12BrFN2OS/c1-8(13-16-4-5-19-13)7-17-12(18)10-3-2-9(15)6-11(10)14/h2-6,8H,7H2,1H3,(H,17,18). The third-order valence-corrected chi connectivity index (χ3v) is 4.28. The molecule has 0 radical (unpaired) electrons. The van der Waals surface area contributed by atoms with E-state index in [1.165, 1.54) is 18.2 Å². The third-order valence-electron chi connectivity index (χ3n) is 2.62. The van der Waals surface area contributed by atoms with Gasteiger partial charge in [-0.2, -0.15) is 0 Å². The van der Waals surface area contributed by atoms with Crippen molar-refractivity contribution in [2.24, 2.45) is 0 Å². The van der Waals surface area contributed by atoms with Crippen molar-refractivity contribution in [1.29, 1.82) is 0 Å². The Morgan fingerprint density at radius 1 is 1.58 bits per heavy atom. The van der Waals surface area contributed by atoms with E-state index in [1.54, 1.807) is 17.5 Å². The molecule has 0 aliphatic heterocycles. The van der Waals surface area contributed by atoms with Gasteiger partial charge in [-0.15, -0.1) is 11.3 Å². The predicted octanol–water partition coefficient (Wildman–Crippen LogP) is 3.58. The van der Waals surface area contributed by atoms with Crippen molar-refractivity contribution < 1.29 is 9.18 Å². The van der Waals surface area contributed by atoms with Crippen LogP contribution in [0.2, 0.25) is 0 Å². The van der Waals surface area contributed by atoms with Crippen molar-refractivity contribution in [1.82, 2.24) is 10.3 Å². The molecule has 19 heavy (non-hydrogen) atoms. The number of benzene rings is 1. The summed E-state index contributed by atoms with van der Waals surface area (Å²) in [5.74, 6) is -0.446. The smallest absolute Gasteiger partial charge is 0.252 e. The van der Waals surface area contributed by atoms with Crippen LogP contribution in [0, 0.1) is 5.82 Å². The van der Waals surface area contributed by atoms with Gasteiger partial charge >= 0.3 is 0 Å². The summed E-state index contributed by atoms with van der Waals surface area (Å²) in [4.78, 5) is 16.2. The number of amides is 1. The van der Waals surface area contributed by atoms with Gasteiger partial charge in [0.1, 0.15) is 5.82 Å². The first-order valence-electron chi connectivity index (χ1n) is 5.70. The van der Waals surface area contributed by atoms with Crippen LogP contribution in [0.25, 0.3) is 0 Å². The molecule has 2 aromatic rings. The van der Waals surface area contributed by atoms with Gasteiger partial charge in [-0.3, -0.25) is 4.79 Å². The number of hydrogen-bond donors (Lipinski definition) is 1. The maximum absolute atomic E-state index is 12.9. The SMILES string of the molecule is CC(CNC(=O)c1ccc(F)cc1Br)c1nccs1. The highest BCUT2D eigenvalue weighted by molar-refractivity contribution is 9.10. The van der Waals surface area contributed by atoms with Crippen molar-refractivity contribution >= 4 is 33.2 Å². The van der Waals surface area contributed by atoms with Gasteiger partial charge in [0.25, 0.3) is 5.91 Å². The maximum atomic E-state index is 12.9. The van der Waals surface area contributed by atoms with Crippen LogP contribution >= 0.6 is 27.3 Å². The van der Waals surface area contributed by atoms with Crippen LogP contribution in [0.3, 0.4) is 0 Å². The molecule has 1 atom stereocenters. The highest BCUT2D eigenvalue weighted by Crippen LogP contribution is 2.19. The number of carbonyl (C=O) groups excluding carboxylic acids is 1. The molecule has 1 heterocycles. The molecule has 1 amide bonds. The van der Waals surface area contributed by atoms with E-state index in [-0.39, 0.29) is 17.6 Å². The minimum absolute atomic E-state index is 0.156. The van der Waals surface area contributed by atoms with Crippen LogP contribution in [-0.2, 0) is 0 Å². The fourth-order valence-electron chi connectivity index (χ4n) is 1.58. The third kappa shape index (κ3) is 3.61. The molecule has 2 rings (SSSR count). The Morgan fingerprint density at radius 2 is 2.37 bits per heavy atom. The minimum Gasteiger partial charge on any atom is -0.351 e. The highest BCUT2D eigenvalue weighted by atomic mass is 79.9. The number of halogens is 2. The Balaban J connectivity index is 1.98. The second-order valence-electron chi connectivity index (χ2n) is 4.11. The predicted molar refractivity (Wildman–Crippen MR) is 77.0 cm³/mol. The zero-order valence-electron chi connectivity index (χ0n) is 10.2. The van der Waals surface area contributed by atoms with Gasteiger partial charge in [0.2, 0.25) is 0 Å². The fourth-order valence-corrected chi connectivity index (χ4v) is 2.81. The van der Waals surface area contributed by atoms with Crippen LogP contribution in [0.15, 0.2) is 34.2 Å². The van der Waals surface area contributed by atoms with Gasteiger partial charge in [0.05, 0.1) is 10.6 Å². The summed E-state index contributed by atoms with van der Waals surface area (Å²) >= 11 is 4.74. The van der Waals surface area contributed by atoms with Crippen LogP contribution in [0.1, 0.15) is 28.2 Å². The molecule has 3 nitrogen and oxygen atoms in total. The van der Waals surface area contributed by atoms with Crippen molar-refractivity contribution in [3.05, 3.63) is 50.6 Å². The zero-order chi connectivity index (χ0) is 13.8. The Morgan fingerprint density at radius 3 is 3.00 bits per heavy atom. The molecule has 0 spiro atoms. The fraction of sp³-hybridized carbons (Fsp3) is 0.231. The molecule has 0 aliphatic carbocycles. The number of rotatable bonds is 4. The zero-order valence-corrected chi connectivity index (χ0v) is 12.6. The van der Waals surface area contributed by atoms with Crippen LogP contribution in [0.5, 0.6) is 0 Å². The number of nitrogens with zero attached hydrogens (tertiary/aromatic N) is 1. The van der Waals surface area contributed by atoms with E-state index in [4.69, 9.17) is 0 Å². The van der Waals surface area contributed by atoms with E-state index in [0.29, 0.717) is 16.6 Å². The average molecular weight is 343 g/mol. The van der Waals surface area contributed by atoms with Crippen LogP contribution < -0.4 is 5.32 Å². The molecule has 1 unspecified atom stereocenters. The molecule has 1 aromatic heterocycles. The average Bonchev–Trinajstić information content (AvgIpc) is 2.89. The second kappa shape index (κ2) is 6.25. The summed E-state index contributed by atoms with van der Waals surface area (Å²) in [5, 5.41) is 5.71. The van der Waals surface area contributed by atoms with Crippen molar-refractivity contribution in [3.8, 4) is 0 Å². The van der Waals surface area contributed by atoms with Gasteiger partial charge in [-0.25, -0.2) is 9.37 Å². The summed E-state index contributed by atoms with van der Waals surface area (Å²) < 4.78 is 13.4. The highest BCUT2D eigenvalue weighted by Gasteiger charge is 2.13. The summed E-state index contributed by atoms with van der Waals surface area (Å²) in [5.41, 5.74) is 0.424. The first-order valence-corrected chi connectivity index (χ1v) is 7.38. The van der Waals surface area contributed by atoms with E-state index < -0.39 is 0 Å². The summed E-state index contributed by atoms with van der Waals surface area (Å²) in [6.07, 6.45) is 1.74. The van der Waals surface area contributed by atoms with E-state index >= 15 is 0 Å². The lowest BCUT2D eigenvalue weighted by molar-refractivity contribution is 0.0951. The number of hydrogen-bond acceptors (Lipinski definition) is 3. The Labute approximate surface area is 123 Å². The van der Waals surface area contributed by atoms with E-state index in [0.717, 1.165) is 5.01 Å². The van der Waals surface area contributed by atoms with Gasteiger partial charge in [-0.05, 0) is 34.1 Å². The van der Waals surface area contributed by atoms with E-state index in [2.05, 4.69) is 26.2 Å². The van der Waals surface area contributed by atoms with Gasteiger partial charge in [0, 0.05) is 28.5 Å². The lowest BCUT2D eigenvalue weighted by Crippen LogP contribution is -2.27. The Kier molecular flexibility index (Phi) is 4.66.